The largest absolute Gasteiger partial charge is 0.505 e. The second-order valence-electron chi connectivity index (χ2n) is 9.57. The predicted octanol–water partition coefficient (Wildman–Crippen LogP) is 5.15. The van der Waals surface area contributed by atoms with Gasteiger partial charge in [-0.05, 0) is 75.7 Å². The first-order chi connectivity index (χ1) is 17.9. The van der Waals surface area contributed by atoms with Gasteiger partial charge in [0.05, 0.1) is 16.1 Å². The minimum absolute atomic E-state index is 0.200. The Labute approximate surface area is 229 Å². The van der Waals surface area contributed by atoms with E-state index in [0.29, 0.717) is 41.4 Å². The summed E-state index contributed by atoms with van der Waals surface area (Å²) in [6.07, 6.45) is 3.98. The van der Waals surface area contributed by atoms with E-state index in [-0.39, 0.29) is 17.0 Å². The van der Waals surface area contributed by atoms with Crippen LogP contribution in [-0.4, -0.2) is 46.4 Å². The smallest absolute Gasteiger partial charge is 0.240 e. The highest BCUT2D eigenvalue weighted by Crippen LogP contribution is 2.34. The molecule has 2 aromatic heterocycles. The molecule has 0 saturated heterocycles. The van der Waals surface area contributed by atoms with Crippen LogP contribution in [0.25, 0.3) is 22.5 Å². The van der Waals surface area contributed by atoms with Gasteiger partial charge in [-0.3, -0.25) is 4.68 Å². The van der Waals surface area contributed by atoms with Crippen LogP contribution in [0, 0.1) is 5.82 Å². The topological polar surface area (TPSA) is 122 Å². The first kappa shape index (κ1) is 27.7. The fraction of sp³-hybridized carbons (Fsp3) is 0.269. The van der Waals surface area contributed by atoms with Crippen LogP contribution in [-0.2, 0) is 15.6 Å². The molecule has 0 fully saturated rings. The molecule has 0 saturated carbocycles. The normalized spacial score (nSPS) is 12.0. The van der Waals surface area contributed by atoms with Gasteiger partial charge in [-0.25, -0.2) is 27.5 Å². The summed E-state index contributed by atoms with van der Waals surface area (Å²) in [6.45, 7) is 6.70. The number of benzene rings is 2. The summed E-state index contributed by atoms with van der Waals surface area (Å²) in [4.78, 5) is 9.08. The van der Waals surface area contributed by atoms with Crippen LogP contribution in [0.5, 0.6) is 5.75 Å². The molecule has 0 unspecified atom stereocenters. The Hall–Kier alpha value is -3.35. The Balaban J connectivity index is 1.47. The van der Waals surface area contributed by atoms with E-state index < -0.39 is 21.6 Å². The van der Waals surface area contributed by atoms with E-state index in [1.165, 1.54) is 24.3 Å². The maximum atomic E-state index is 13.7. The Morgan fingerprint density at radius 3 is 2.50 bits per heavy atom. The Bertz CT molecular complexity index is 1540. The van der Waals surface area contributed by atoms with Crippen molar-refractivity contribution in [2.45, 2.75) is 37.6 Å². The molecule has 3 N–H and O–H groups in total. The zero-order valence-electron chi connectivity index (χ0n) is 21.1. The minimum atomic E-state index is -3.59. The van der Waals surface area contributed by atoms with Crippen molar-refractivity contribution in [3.05, 3.63) is 71.2 Å². The van der Waals surface area contributed by atoms with Crippen molar-refractivity contribution in [3.8, 4) is 28.3 Å². The van der Waals surface area contributed by atoms with E-state index >= 15 is 0 Å². The zero-order chi connectivity index (χ0) is 27.5. The molecule has 0 aliphatic carbocycles. The number of phenolic OH excluding ortho intramolecular Hbond substituents is 1. The molecule has 12 heteroatoms. The lowest BCUT2D eigenvalue weighted by Gasteiger charge is -2.18. The van der Waals surface area contributed by atoms with E-state index in [4.69, 9.17) is 5.10 Å². The van der Waals surface area contributed by atoms with Gasteiger partial charge in [0.1, 0.15) is 5.69 Å². The van der Waals surface area contributed by atoms with Gasteiger partial charge in [-0.1, -0.05) is 15.9 Å². The molecule has 0 aliphatic rings. The highest BCUT2D eigenvalue weighted by atomic mass is 79.9. The molecule has 200 valence electrons. The van der Waals surface area contributed by atoms with Gasteiger partial charge in [-0.2, -0.15) is 5.10 Å². The molecule has 38 heavy (non-hydrogen) atoms. The monoisotopic (exact) mass is 602 g/mol. The molecule has 4 rings (SSSR count). The highest BCUT2D eigenvalue weighted by molar-refractivity contribution is 9.10. The maximum Gasteiger partial charge on any atom is 0.240 e. The molecular weight excluding hydrogens is 575 g/mol. The van der Waals surface area contributed by atoms with Gasteiger partial charge in [0, 0.05) is 41.1 Å². The number of hydrogen-bond acceptors (Lipinski definition) is 7. The molecule has 4 aromatic rings. The molecule has 9 nitrogen and oxygen atoms in total. The third kappa shape index (κ3) is 6.55. The standard InChI is InChI=1S/C26H28BrFN6O3S/c1-26(2,3)34-16-20(24(33-34)17-5-10-21(28)23(35)15-17)22-11-14-30-25(32-22)29-12-4-13-31-38(36,37)19-8-6-18(27)7-9-19/h5-11,14-16,31,35H,4,12-13H2,1-3H3,(H,29,30,32). The van der Waals surface area contributed by atoms with Crippen molar-refractivity contribution >= 4 is 31.9 Å². The van der Waals surface area contributed by atoms with Crippen molar-refractivity contribution in [1.82, 2.24) is 24.5 Å². The second kappa shape index (κ2) is 11.2. The van der Waals surface area contributed by atoms with Crippen LogP contribution >= 0.6 is 15.9 Å². The van der Waals surface area contributed by atoms with Crippen LogP contribution in [0.4, 0.5) is 10.3 Å². The summed E-state index contributed by atoms with van der Waals surface area (Å²) in [7, 11) is -3.59. The number of rotatable bonds is 9. The van der Waals surface area contributed by atoms with Crippen molar-refractivity contribution in [2.24, 2.45) is 0 Å². The zero-order valence-corrected chi connectivity index (χ0v) is 23.5. The van der Waals surface area contributed by atoms with Gasteiger partial charge < -0.3 is 10.4 Å². The lowest BCUT2D eigenvalue weighted by atomic mass is 10.1. The Kier molecular flexibility index (Phi) is 8.14. The number of aromatic nitrogens is 4. The van der Waals surface area contributed by atoms with E-state index in [1.807, 2.05) is 27.0 Å². The third-order valence-corrected chi connectivity index (χ3v) is 7.61. The lowest BCUT2D eigenvalue weighted by molar-refractivity contribution is 0.356. The van der Waals surface area contributed by atoms with Crippen LogP contribution in [0.15, 0.2) is 70.3 Å². The number of nitrogens with zero attached hydrogens (tertiary/aromatic N) is 4. The van der Waals surface area contributed by atoms with Crippen molar-refractivity contribution < 1.29 is 17.9 Å². The molecule has 0 bridgehead atoms. The molecule has 0 radical (unpaired) electrons. The SMILES string of the molecule is CC(C)(C)n1cc(-c2ccnc(NCCCNS(=O)(=O)c3ccc(Br)cc3)n2)c(-c2ccc(F)c(O)c2)n1. The maximum absolute atomic E-state index is 13.7. The second-order valence-corrected chi connectivity index (χ2v) is 12.3. The summed E-state index contributed by atoms with van der Waals surface area (Å²) in [5, 5.41) is 17.7. The predicted molar refractivity (Wildman–Crippen MR) is 148 cm³/mol. The first-order valence-electron chi connectivity index (χ1n) is 11.9. The number of nitrogens with one attached hydrogen (secondary N) is 2. The fourth-order valence-corrected chi connectivity index (χ4v) is 4.90. The molecule has 0 amide bonds. The number of sulfonamides is 1. The quantitative estimate of drug-likeness (QED) is 0.226. The summed E-state index contributed by atoms with van der Waals surface area (Å²) in [5.74, 6) is -0.799. The number of phenols is 1. The summed E-state index contributed by atoms with van der Waals surface area (Å²) in [6, 6.07) is 12.3. The average Bonchev–Trinajstić information content (AvgIpc) is 3.32. The Morgan fingerprint density at radius 2 is 1.82 bits per heavy atom. The van der Waals surface area contributed by atoms with Crippen LogP contribution in [0.3, 0.4) is 0 Å². The number of anilines is 1. The molecule has 2 aromatic carbocycles. The van der Waals surface area contributed by atoms with E-state index in [9.17, 15) is 17.9 Å². The average molecular weight is 604 g/mol. The lowest BCUT2D eigenvalue weighted by Crippen LogP contribution is -2.26. The van der Waals surface area contributed by atoms with Gasteiger partial charge >= 0.3 is 0 Å². The van der Waals surface area contributed by atoms with Crippen LogP contribution < -0.4 is 10.0 Å². The summed E-state index contributed by atoms with van der Waals surface area (Å²) >= 11 is 3.29. The van der Waals surface area contributed by atoms with Crippen molar-refractivity contribution in [1.29, 1.82) is 0 Å². The van der Waals surface area contributed by atoms with Gasteiger partial charge in [0.2, 0.25) is 16.0 Å². The van der Waals surface area contributed by atoms with E-state index in [2.05, 4.69) is 35.9 Å². The van der Waals surface area contributed by atoms with Gasteiger partial charge in [0.25, 0.3) is 0 Å². The minimum Gasteiger partial charge on any atom is -0.505 e. The van der Waals surface area contributed by atoms with E-state index in [0.717, 1.165) is 4.47 Å². The first-order valence-corrected chi connectivity index (χ1v) is 14.1. The Morgan fingerprint density at radius 1 is 1.08 bits per heavy atom. The summed E-state index contributed by atoms with van der Waals surface area (Å²) in [5.41, 5.74) is 2.05. The van der Waals surface area contributed by atoms with Crippen molar-refractivity contribution in [2.75, 3.05) is 18.4 Å². The van der Waals surface area contributed by atoms with Crippen molar-refractivity contribution in [3.63, 3.8) is 0 Å². The van der Waals surface area contributed by atoms with Crippen LogP contribution in [0.1, 0.15) is 27.2 Å². The molecule has 0 spiro atoms. The molecule has 2 heterocycles. The number of aromatic hydroxyl groups is 1. The fourth-order valence-electron chi connectivity index (χ4n) is 3.56. The number of hydrogen-bond donors (Lipinski definition) is 3. The summed E-state index contributed by atoms with van der Waals surface area (Å²) < 4.78 is 43.7. The molecule has 0 atom stereocenters. The third-order valence-electron chi connectivity index (χ3n) is 5.61. The van der Waals surface area contributed by atoms with Gasteiger partial charge in [0.15, 0.2) is 11.6 Å². The van der Waals surface area contributed by atoms with Gasteiger partial charge in [-0.15, -0.1) is 0 Å². The van der Waals surface area contributed by atoms with Crippen LogP contribution in [0.2, 0.25) is 0 Å². The number of halogens is 2. The van der Waals surface area contributed by atoms with E-state index in [1.54, 1.807) is 35.1 Å². The highest BCUT2D eigenvalue weighted by Gasteiger charge is 2.22. The molecular formula is C26H28BrFN6O3S. The molecule has 0 aliphatic heterocycles.